The Kier molecular flexibility index (Phi) is 11.8. The van der Waals surface area contributed by atoms with Gasteiger partial charge < -0.3 is 9.84 Å². The van der Waals surface area contributed by atoms with Crippen LogP contribution in [0.1, 0.15) is 94.9 Å². The molecule has 0 aliphatic heterocycles. The van der Waals surface area contributed by atoms with Crippen LogP contribution in [0.3, 0.4) is 0 Å². The van der Waals surface area contributed by atoms with E-state index in [-0.39, 0.29) is 75.2 Å². The molecule has 1 unspecified atom stereocenters. The first-order valence-corrected chi connectivity index (χ1v) is 16.7. The normalized spacial score (nSPS) is 17.4. The van der Waals surface area contributed by atoms with Gasteiger partial charge in [-0.3, -0.25) is 18.9 Å². The van der Waals surface area contributed by atoms with Crippen molar-refractivity contribution in [3.05, 3.63) is 92.1 Å². The summed E-state index contributed by atoms with van der Waals surface area (Å²) >= 11 is 0. The zero-order valence-electron chi connectivity index (χ0n) is 27.8. The zero-order valence-corrected chi connectivity index (χ0v) is 27.8. The van der Waals surface area contributed by atoms with Crippen molar-refractivity contribution >= 4 is 57.2 Å². The molecule has 2 N–H and O–H groups in total. The van der Waals surface area contributed by atoms with Crippen LogP contribution in [-0.2, 0) is 17.6 Å². The Bertz CT molecular complexity index is 1960. The van der Waals surface area contributed by atoms with Gasteiger partial charge in [-0.25, -0.2) is 9.31 Å². The van der Waals surface area contributed by atoms with Crippen LogP contribution in [0.4, 0.5) is 0 Å². The Labute approximate surface area is 322 Å². The van der Waals surface area contributed by atoms with Gasteiger partial charge in [0.2, 0.25) is 5.78 Å². The van der Waals surface area contributed by atoms with Gasteiger partial charge in [0.15, 0.2) is 5.82 Å². The molecule has 3 heterocycles. The number of H-pyrrole nitrogens is 1. The predicted molar refractivity (Wildman–Crippen MR) is 187 cm³/mol. The molecule has 3 aromatic heterocycles. The van der Waals surface area contributed by atoms with Gasteiger partial charge in [0.1, 0.15) is 5.82 Å². The summed E-state index contributed by atoms with van der Waals surface area (Å²) in [4.78, 5) is 33.5. The van der Waals surface area contributed by atoms with Gasteiger partial charge in [0, 0.05) is 23.6 Å². The monoisotopic (exact) mass is 680 g/mol. The van der Waals surface area contributed by atoms with Crippen LogP contribution in [0.2, 0.25) is 0 Å². The molecule has 1 saturated carbocycles. The van der Waals surface area contributed by atoms with Gasteiger partial charge >= 0.3 is 57.1 Å². The third kappa shape index (κ3) is 7.85. The minimum atomic E-state index is -0.916. The molecule has 250 valence electrons. The van der Waals surface area contributed by atoms with Gasteiger partial charge in [-0.05, 0) is 82.9 Å². The summed E-state index contributed by atoms with van der Waals surface area (Å²) in [6, 6.07) is 15.8. The van der Waals surface area contributed by atoms with E-state index < -0.39 is 11.4 Å². The molecule has 2 aromatic carbocycles. The summed E-state index contributed by atoms with van der Waals surface area (Å²) in [5, 5.41) is 19.0. The van der Waals surface area contributed by atoms with E-state index in [2.05, 4.69) is 17.1 Å². The fraction of sp³-hybridized carbons (Fsp3) is 0.472. The fourth-order valence-corrected chi connectivity index (χ4v) is 6.52. The number of ether oxygens (including phenoxy) is 1. The second-order valence-corrected chi connectivity index (χ2v) is 13.3. The van der Waals surface area contributed by atoms with Crippen molar-refractivity contribution in [2.75, 3.05) is 0 Å². The number of fused-ring (bicyclic) bond motifs is 1. The van der Waals surface area contributed by atoms with Crippen LogP contribution < -0.4 is 11.3 Å². The molecule has 6 rings (SSSR count). The number of nitrogens with one attached hydrogen (secondary N) is 1. The number of aryl methyl sites for hydroxylation is 2. The van der Waals surface area contributed by atoms with Crippen LogP contribution in [0.15, 0.2) is 62.6 Å². The van der Waals surface area contributed by atoms with Crippen molar-refractivity contribution < 1.29 is 14.4 Å². The summed E-state index contributed by atoms with van der Waals surface area (Å²) in [5.74, 6) is 1.02. The summed E-state index contributed by atoms with van der Waals surface area (Å²) in [7, 11) is 0. The third-order valence-corrected chi connectivity index (χ3v) is 9.43. The van der Waals surface area contributed by atoms with Crippen LogP contribution >= 0.6 is 0 Å². The van der Waals surface area contributed by atoms with E-state index in [0.717, 1.165) is 78.5 Å². The second-order valence-electron chi connectivity index (χ2n) is 13.3. The molecule has 1 aliphatic rings. The van der Waals surface area contributed by atoms with Crippen molar-refractivity contribution in [2.24, 2.45) is 0 Å². The summed E-state index contributed by atoms with van der Waals surface area (Å²) in [6.07, 6.45) is 6.05. The Morgan fingerprint density at radius 1 is 1.06 bits per heavy atom. The number of hydrogen-bond acceptors (Lipinski definition) is 8. The maximum atomic E-state index is 14.5. The first-order valence-electron chi connectivity index (χ1n) is 16.7. The van der Waals surface area contributed by atoms with E-state index in [1.54, 1.807) is 13.8 Å². The van der Waals surface area contributed by atoms with E-state index in [1.165, 1.54) is 0 Å². The number of unbranched alkanes of at least 4 members (excludes halogenated alkanes) is 1. The van der Waals surface area contributed by atoms with Crippen LogP contribution in [0.25, 0.3) is 28.3 Å². The molecular weight excluding hydrogens is 636 g/mol. The van der Waals surface area contributed by atoms with Crippen LogP contribution in [0.5, 0.6) is 0 Å². The summed E-state index contributed by atoms with van der Waals surface area (Å²) < 4.78 is 14.7. The Morgan fingerprint density at radius 2 is 1.75 bits per heavy atom. The van der Waals surface area contributed by atoms with Crippen LogP contribution in [0, 0.1) is 6.92 Å². The summed E-state index contributed by atoms with van der Waals surface area (Å²) in [6.45, 7) is 9.46. The average Bonchev–Trinajstić information content (AvgIpc) is 3.66. The van der Waals surface area contributed by atoms with Crippen LogP contribution in [-0.4, -0.2) is 104 Å². The van der Waals surface area contributed by atoms with E-state index in [4.69, 9.17) is 19.3 Å². The minimum absolute atomic E-state index is 0. The Hall–Kier alpha value is -2.71. The predicted octanol–water partition coefficient (Wildman–Crippen LogP) is 5.15. The first-order chi connectivity index (χ1) is 22.5. The molecule has 5 aromatic rings. The summed E-state index contributed by atoms with van der Waals surface area (Å²) in [5.41, 5.74) is 4.38. The number of aliphatic hydroxyl groups is 1. The van der Waals surface area contributed by atoms with E-state index >= 15 is 0 Å². The molecule has 1 atom stereocenters. The average molecular weight is 681 g/mol. The van der Waals surface area contributed by atoms with Gasteiger partial charge in [-0.1, -0.05) is 67.0 Å². The molecule has 0 radical (unpaired) electrons. The Balaban J connectivity index is 0.00000451. The molecule has 12 heteroatoms. The number of nitrogens with zero attached hydrogens (tertiary/aromatic N) is 5. The number of aromatic amines is 1. The number of benzene rings is 2. The van der Waals surface area contributed by atoms with Crippen molar-refractivity contribution in [1.82, 2.24) is 29.3 Å². The first kappa shape index (κ1) is 36.6. The van der Waals surface area contributed by atoms with Crippen molar-refractivity contribution in [2.45, 2.75) is 110 Å². The van der Waals surface area contributed by atoms with Gasteiger partial charge in [0.25, 0.3) is 5.56 Å². The van der Waals surface area contributed by atoms with Crippen molar-refractivity contribution in [3.63, 3.8) is 0 Å². The second kappa shape index (κ2) is 15.4. The fourth-order valence-electron chi connectivity index (χ4n) is 6.52. The van der Waals surface area contributed by atoms with Crippen molar-refractivity contribution in [1.29, 1.82) is 0 Å². The molecule has 0 bridgehead atoms. The topological polar surface area (TPSA) is 141 Å². The van der Waals surface area contributed by atoms with Gasteiger partial charge in [0.05, 0.1) is 23.5 Å². The SMILES string of the molecule is CCCCc1c(Cc2ccc(-c3ccccc3-c3noc(=O)[nH]3)cc2)c(=O)n([C@H]2CC[C@H](OC(C)C(C)(C)O)CC2)c2nc(C)nn12.[KH]. The number of rotatable bonds is 11. The molecule has 0 spiro atoms. The quantitative estimate of drug-likeness (QED) is 0.183. The third-order valence-electron chi connectivity index (χ3n) is 9.43. The molecule has 0 saturated heterocycles. The Morgan fingerprint density at radius 3 is 2.38 bits per heavy atom. The molecule has 1 aliphatic carbocycles. The van der Waals surface area contributed by atoms with Gasteiger partial charge in [-0.2, -0.15) is 10.1 Å². The van der Waals surface area contributed by atoms with Crippen molar-refractivity contribution in [3.8, 4) is 22.5 Å². The van der Waals surface area contributed by atoms with E-state index in [1.807, 2.05) is 71.5 Å². The maximum absolute atomic E-state index is 14.5. The molecule has 1 fully saturated rings. The molecular formula is C36H45KN6O5. The standard InChI is InChI=1S/C36H44N6O5.K.H/c1-6-7-12-31-30(21-24-13-15-25(16-14-24)28-10-8-9-11-29(28)32-38-35(44)47-40-32)33(43)41(34-37-23(3)39-42(31)34)26-17-19-27(20-18-26)46-22(2)36(4,5)45;;/h8-11,13-16,22,26-27,45H,6-7,12,17-21H2,1-5H3,(H,38,40,44);;/t22?,26-,27-;;. The molecule has 11 nitrogen and oxygen atoms in total. The molecule has 48 heavy (non-hydrogen) atoms. The van der Waals surface area contributed by atoms with Gasteiger partial charge in [-0.15, -0.1) is 0 Å². The number of aromatic nitrogens is 6. The zero-order chi connectivity index (χ0) is 33.3. The molecule has 0 amide bonds. The van der Waals surface area contributed by atoms with E-state index in [9.17, 15) is 14.7 Å². The van der Waals surface area contributed by atoms with E-state index in [0.29, 0.717) is 23.8 Å². The number of hydrogen-bond donors (Lipinski definition) is 2.